The molecule has 0 aliphatic heterocycles. The number of amides is 1. The highest BCUT2D eigenvalue weighted by atomic mass is 16.1. The van der Waals surface area contributed by atoms with Crippen molar-refractivity contribution in [2.75, 3.05) is 17.2 Å². The van der Waals surface area contributed by atoms with Crippen molar-refractivity contribution in [1.82, 2.24) is 4.98 Å². The van der Waals surface area contributed by atoms with Crippen LogP contribution in [0.2, 0.25) is 0 Å². The Morgan fingerprint density at radius 1 is 1.20 bits per heavy atom. The molecule has 20 heavy (non-hydrogen) atoms. The first-order chi connectivity index (χ1) is 9.70. The summed E-state index contributed by atoms with van der Waals surface area (Å²) in [4.78, 5) is 16.3. The van der Waals surface area contributed by atoms with Gasteiger partial charge in [0.1, 0.15) is 5.82 Å². The lowest BCUT2D eigenvalue weighted by Crippen LogP contribution is -2.13. The molecule has 4 nitrogen and oxygen atoms in total. The third-order valence-electron chi connectivity index (χ3n) is 2.97. The molecular formula is C16H19N3O. The van der Waals surface area contributed by atoms with E-state index in [-0.39, 0.29) is 5.91 Å². The number of rotatable bonds is 5. The topological polar surface area (TPSA) is 54.0 Å². The number of nitrogens with one attached hydrogen (secondary N) is 2. The average Bonchev–Trinajstić information content (AvgIpc) is 2.48. The summed E-state index contributed by atoms with van der Waals surface area (Å²) in [6.45, 7) is 4.96. The molecule has 0 atom stereocenters. The highest BCUT2D eigenvalue weighted by molar-refractivity contribution is 6.04. The molecule has 1 amide bonds. The number of pyridine rings is 1. The third kappa shape index (κ3) is 3.57. The first-order valence-corrected chi connectivity index (χ1v) is 6.77. The van der Waals surface area contributed by atoms with E-state index in [4.69, 9.17) is 0 Å². The van der Waals surface area contributed by atoms with Crippen molar-refractivity contribution < 1.29 is 4.79 Å². The molecule has 2 aromatic rings. The predicted octanol–water partition coefficient (Wildman–Crippen LogP) is 3.46. The second kappa shape index (κ2) is 6.70. The molecule has 0 bridgehead atoms. The lowest BCUT2D eigenvalue weighted by atomic mass is 10.2. The predicted molar refractivity (Wildman–Crippen MR) is 82.1 cm³/mol. The lowest BCUT2D eigenvalue weighted by molar-refractivity contribution is 0.102. The highest BCUT2D eigenvalue weighted by Gasteiger charge is 2.08. The SMILES string of the molecule is CCCNc1ccc(C(=O)Nc2ncccc2C)cc1. The van der Waals surface area contributed by atoms with E-state index in [2.05, 4.69) is 22.5 Å². The van der Waals surface area contributed by atoms with Gasteiger partial charge in [0.05, 0.1) is 0 Å². The van der Waals surface area contributed by atoms with Crippen LogP contribution in [0.1, 0.15) is 29.3 Å². The standard InChI is InChI=1S/C16H19N3O/c1-3-10-17-14-8-6-13(7-9-14)16(20)19-15-12(2)5-4-11-18-15/h4-9,11,17H,3,10H2,1-2H3,(H,18,19,20). The van der Waals surface area contributed by atoms with Crippen LogP contribution in [0.4, 0.5) is 11.5 Å². The maximum Gasteiger partial charge on any atom is 0.256 e. The van der Waals surface area contributed by atoms with E-state index in [1.807, 2.05) is 43.3 Å². The van der Waals surface area contributed by atoms with E-state index in [1.165, 1.54) is 0 Å². The molecule has 2 rings (SSSR count). The van der Waals surface area contributed by atoms with Gasteiger partial charge in [-0.2, -0.15) is 0 Å². The number of hydrogen-bond acceptors (Lipinski definition) is 3. The smallest absolute Gasteiger partial charge is 0.256 e. The maximum absolute atomic E-state index is 12.1. The zero-order valence-electron chi connectivity index (χ0n) is 11.8. The summed E-state index contributed by atoms with van der Waals surface area (Å²) in [5, 5.41) is 6.09. The van der Waals surface area contributed by atoms with Crippen LogP contribution in [0.3, 0.4) is 0 Å². The number of hydrogen-bond donors (Lipinski definition) is 2. The van der Waals surface area contributed by atoms with Crippen LogP contribution in [0, 0.1) is 6.92 Å². The van der Waals surface area contributed by atoms with Gasteiger partial charge in [0.2, 0.25) is 0 Å². The summed E-state index contributed by atoms with van der Waals surface area (Å²) in [5.74, 6) is 0.458. The van der Waals surface area contributed by atoms with Crippen LogP contribution >= 0.6 is 0 Å². The lowest BCUT2D eigenvalue weighted by Gasteiger charge is -2.08. The fourth-order valence-corrected chi connectivity index (χ4v) is 1.81. The molecule has 1 aromatic carbocycles. The van der Waals surface area contributed by atoms with E-state index in [9.17, 15) is 4.79 Å². The minimum atomic E-state index is -0.145. The van der Waals surface area contributed by atoms with Crippen LogP contribution in [0.25, 0.3) is 0 Å². The average molecular weight is 269 g/mol. The summed E-state index contributed by atoms with van der Waals surface area (Å²) < 4.78 is 0. The molecule has 0 aliphatic carbocycles. The number of benzene rings is 1. The summed E-state index contributed by atoms with van der Waals surface area (Å²) in [6.07, 6.45) is 2.74. The van der Waals surface area contributed by atoms with Crippen molar-refractivity contribution in [2.45, 2.75) is 20.3 Å². The van der Waals surface area contributed by atoms with Gasteiger partial charge in [-0.1, -0.05) is 13.0 Å². The van der Waals surface area contributed by atoms with Gasteiger partial charge in [0, 0.05) is 24.0 Å². The van der Waals surface area contributed by atoms with E-state index >= 15 is 0 Å². The van der Waals surface area contributed by atoms with E-state index < -0.39 is 0 Å². The van der Waals surface area contributed by atoms with Crippen LogP contribution in [-0.4, -0.2) is 17.4 Å². The monoisotopic (exact) mass is 269 g/mol. The van der Waals surface area contributed by atoms with Crippen molar-refractivity contribution in [3.05, 3.63) is 53.7 Å². The molecular weight excluding hydrogens is 250 g/mol. The Hall–Kier alpha value is -2.36. The maximum atomic E-state index is 12.1. The molecule has 1 aromatic heterocycles. The van der Waals surface area contributed by atoms with Crippen LogP contribution in [-0.2, 0) is 0 Å². The van der Waals surface area contributed by atoms with Crippen molar-refractivity contribution in [3.63, 3.8) is 0 Å². The number of nitrogens with zero attached hydrogens (tertiary/aromatic N) is 1. The van der Waals surface area contributed by atoms with Gasteiger partial charge in [0.15, 0.2) is 0 Å². The Morgan fingerprint density at radius 2 is 1.95 bits per heavy atom. The van der Waals surface area contributed by atoms with Gasteiger partial charge >= 0.3 is 0 Å². The number of carbonyl (C=O) groups is 1. The van der Waals surface area contributed by atoms with Gasteiger partial charge in [-0.05, 0) is 49.2 Å². The van der Waals surface area contributed by atoms with Crippen LogP contribution < -0.4 is 10.6 Å². The van der Waals surface area contributed by atoms with Crippen LogP contribution in [0.5, 0.6) is 0 Å². The number of aromatic nitrogens is 1. The van der Waals surface area contributed by atoms with E-state index in [0.717, 1.165) is 24.2 Å². The van der Waals surface area contributed by atoms with Crippen molar-refractivity contribution >= 4 is 17.4 Å². The normalized spacial score (nSPS) is 10.1. The number of anilines is 2. The third-order valence-corrected chi connectivity index (χ3v) is 2.97. The van der Waals surface area contributed by atoms with Crippen molar-refractivity contribution in [1.29, 1.82) is 0 Å². The molecule has 0 unspecified atom stereocenters. The molecule has 0 radical (unpaired) electrons. The zero-order valence-corrected chi connectivity index (χ0v) is 11.8. The largest absolute Gasteiger partial charge is 0.385 e. The molecule has 0 spiro atoms. The molecule has 2 N–H and O–H groups in total. The second-order valence-corrected chi connectivity index (χ2v) is 4.63. The molecule has 4 heteroatoms. The fourth-order valence-electron chi connectivity index (χ4n) is 1.81. The van der Waals surface area contributed by atoms with Crippen molar-refractivity contribution in [3.8, 4) is 0 Å². The quantitative estimate of drug-likeness (QED) is 0.874. The molecule has 0 saturated carbocycles. The Kier molecular flexibility index (Phi) is 4.71. The Bertz CT molecular complexity index is 579. The van der Waals surface area contributed by atoms with Gasteiger partial charge in [-0.3, -0.25) is 4.79 Å². The molecule has 0 fully saturated rings. The van der Waals surface area contributed by atoms with Gasteiger partial charge < -0.3 is 10.6 Å². The minimum absolute atomic E-state index is 0.145. The number of aryl methyl sites for hydroxylation is 1. The van der Waals surface area contributed by atoms with Crippen LogP contribution in [0.15, 0.2) is 42.6 Å². The summed E-state index contributed by atoms with van der Waals surface area (Å²) in [6, 6.07) is 11.2. The second-order valence-electron chi connectivity index (χ2n) is 4.63. The van der Waals surface area contributed by atoms with Crippen molar-refractivity contribution in [2.24, 2.45) is 0 Å². The number of carbonyl (C=O) groups excluding carboxylic acids is 1. The summed E-state index contributed by atoms with van der Waals surface area (Å²) >= 11 is 0. The summed E-state index contributed by atoms with van der Waals surface area (Å²) in [5.41, 5.74) is 2.59. The van der Waals surface area contributed by atoms with Gasteiger partial charge in [0.25, 0.3) is 5.91 Å². The zero-order chi connectivity index (χ0) is 14.4. The molecule has 104 valence electrons. The van der Waals surface area contributed by atoms with Gasteiger partial charge in [-0.15, -0.1) is 0 Å². The van der Waals surface area contributed by atoms with Gasteiger partial charge in [-0.25, -0.2) is 4.98 Å². The van der Waals surface area contributed by atoms with E-state index in [0.29, 0.717) is 11.4 Å². The molecule has 0 saturated heterocycles. The Balaban J connectivity index is 2.04. The highest BCUT2D eigenvalue weighted by Crippen LogP contribution is 2.13. The molecule has 0 aliphatic rings. The first kappa shape index (κ1) is 14.1. The summed E-state index contributed by atoms with van der Waals surface area (Å²) in [7, 11) is 0. The fraction of sp³-hybridized carbons (Fsp3) is 0.250. The first-order valence-electron chi connectivity index (χ1n) is 6.77. The molecule has 1 heterocycles. The minimum Gasteiger partial charge on any atom is -0.385 e. The Labute approximate surface area is 119 Å². The van der Waals surface area contributed by atoms with E-state index in [1.54, 1.807) is 6.20 Å². The Morgan fingerprint density at radius 3 is 2.60 bits per heavy atom.